The fraction of sp³-hybridized carbons (Fsp3) is 0.400. The van der Waals surface area contributed by atoms with Gasteiger partial charge in [-0.3, -0.25) is 4.68 Å². The van der Waals surface area contributed by atoms with Crippen LogP contribution in [-0.2, 0) is 6.54 Å². The molecule has 0 amide bonds. The first-order chi connectivity index (χ1) is 8.70. The molecule has 0 aliphatic rings. The van der Waals surface area contributed by atoms with Gasteiger partial charge in [-0.2, -0.15) is 5.10 Å². The van der Waals surface area contributed by atoms with Crippen LogP contribution >= 0.6 is 0 Å². The minimum atomic E-state index is 0.306. The molecule has 2 rings (SSSR count). The molecule has 3 nitrogen and oxygen atoms in total. The van der Waals surface area contributed by atoms with Gasteiger partial charge >= 0.3 is 0 Å². The molecule has 1 aromatic heterocycles. The summed E-state index contributed by atoms with van der Waals surface area (Å²) in [6.45, 7) is 7.38. The molecule has 0 radical (unpaired) electrons. The molecule has 0 fully saturated rings. The van der Waals surface area contributed by atoms with Gasteiger partial charge in [0.2, 0.25) is 0 Å². The number of aromatic nitrogens is 2. The Morgan fingerprint density at radius 2 is 1.78 bits per heavy atom. The molecule has 2 aromatic rings. The van der Waals surface area contributed by atoms with E-state index >= 15 is 0 Å². The summed E-state index contributed by atoms with van der Waals surface area (Å²) >= 11 is 0. The first kappa shape index (κ1) is 12.8. The van der Waals surface area contributed by atoms with Gasteiger partial charge < -0.3 is 5.32 Å². The maximum Gasteiger partial charge on any atom is 0.0537 e. The van der Waals surface area contributed by atoms with Gasteiger partial charge in [0.15, 0.2) is 0 Å². The van der Waals surface area contributed by atoms with E-state index in [4.69, 9.17) is 0 Å². The van der Waals surface area contributed by atoms with Crippen molar-refractivity contribution in [2.45, 2.75) is 39.4 Å². The molecule has 3 heteroatoms. The van der Waals surface area contributed by atoms with Crippen LogP contribution < -0.4 is 5.32 Å². The molecule has 0 spiro atoms. The van der Waals surface area contributed by atoms with E-state index in [1.54, 1.807) is 0 Å². The second-order valence-electron chi connectivity index (χ2n) is 4.65. The molecule has 2 atom stereocenters. The Bertz CT molecular complexity index is 475. The summed E-state index contributed by atoms with van der Waals surface area (Å²) in [6, 6.07) is 11.2. The number of nitrogens with zero attached hydrogens (tertiary/aromatic N) is 2. The molecule has 96 valence electrons. The van der Waals surface area contributed by atoms with Crippen LogP contribution in [0.4, 0.5) is 0 Å². The smallest absolute Gasteiger partial charge is 0.0537 e. The SMILES string of the molecule is CCn1cc(C(C)N[C@H](C)c2ccccc2)cn1. The van der Waals surface area contributed by atoms with Gasteiger partial charge in [-0.1, -0.05) is 30.3 Å². The number of rotatable bonds is 5. The van der Waals surface area contributed by atoms with Crippen LogP contribution in [0.2, 0.25) is 0 Å². The van der Waals surface area contributed by atoms with Gasteiger partial charge in [0.25, 0.3) is 0 Å². The average Bonchev–Trinajstić information content (AvgIpc) is 2.88. The molecule has 0 saturated heterocycles. The Morgan fingerprint density at radius 1 is 1.11 bits per heavy atom. The van der Waals surface area contributed by atoms with Crippen LogP contribution in [0.1, 0.15) is 44.0 Å². The molecule has 1 N–H and O–H groups in total. The van der Waals surface area contributed by atoms with E-state index in [-0.39, 0.29) is 0 Å². The van der Waals surface area contributed by atoms with Crippen molar-refractivity contribution in [3.8, 4) is 0 Å². The third-order valence-electron chi connectivity index (χ3n) is 3.28. The lowest BCUT2D eigenvalue weighted by atomic mass is 10.1. The predicted molar refractivity (Wildman–Crippen MR) is 74.3 cm³/mol. The van der Waals surface area contributed by atoms with Gasteiger partial charge in [0.1, 0.15) is 0 Å². The molecule has 0 saturated carbocycles. The average molecular weight is 243 g/mol. The number of hydrogen-bond acceptors (Lipinski definition) is 2. The van der Waals surface area contributed by atoms with Gasteiger partial charge in [-0.15, -0.1) is 0 Å². The lowest BCUT2D eigenvalue weighted by Gasteiger charge is -2.19. The molecule has 0 aliphatic heterocycles. The summed E-state index contributed by atoms with van der Waals surface area (Å²) in [4.78, 5) is 0. The molecule has 0 aliphatic carbocycles. The summed E-state index contributed by atoms with van der Waals surface area (Å²) in [5.74, 6) is 0. The van der Waals surface area contributed by atoms with Crippen molar-refractivity contribution in [1.82, 2.24) is 15.1 Å². The topological polar surface area (TPSA) is 29.9 Å². The van der Waals surface area contributed by atoms with E-state index in [1.165, 1.54) is 11.1 Å². The van der Waals surface area contributed by atoms with Crippen LogP contribution in [0.3, 0.4) is 0 Å². The van der Waals surface area contributed by atoms with E-state index in [9.17, 15) is 0 Å². The first-order valence-electron chi connectivity index (χ1n) is 6.54. The minimum absolute atomic E-state index is 0.306. The standard InChI is InChI=1S/C15H21N3/c1-4-18-11-15(10-16-18)13(3)17-12(2)14-8-6-5-7-9-14/h5-13,17H,4H2,1-3H3/t12-,13?/m1/s1. The maximum atomic E-state index is 4.31. The van der Waals surface area contributed by atoms with E-state index in [0.29, 0.717) is 12.1 Å². The largest absolute Gasteiger partial charge is 0.304 e. The highest BCUT2D eigenvalue weighted by molar-refractivity contribution is 5.19. The fourth-order valence-electron chi connectivity index (χ4n) is 2.09. The fourth-order valence-corrected chi connectivity index (χ4v) is 2.09. The number of aryl methyl sites for hydroxylation is 1. The summed E-state index contributed by atoms with van der Waals surface area (Å²) < 4.78 is 1.96. The van der Waals surface area contributed by atoms with Crippen molar-refractivity contribution in [2.24, 2.45) is 0 Å². The van der Waals surface area contributed by atoms with E-state index in [2.05, 4.69) is 61.6 Å². The van der Waals surface area contributed by atoms with Crippen LogP contribution in [-0.4, -0.2) is 9.78 Å². The lowest BCUT2D eigenvalue weighted by Crippen LogP contribution is -2.22. The molecular formula is C15H21N3. The minimum Gasteiger partial charge on any atom is -0.304 e. The van der Waals surface area contributed by atoms with Crippen molar-refractivity contribution < 1.29 is 0 Å². The third-order valence-corrected chi connectivity index (χ3v) is 3.28. The summed E-state index contributed by atoms with van der Waals surface area (Å²) in [6.07, 6.45) is 4.05. The Kier molecular flexibility index (Phi) is 4.15. The first-order valence-corrected chi connectivity index (χ1v) is 6.54. The van der Waals surface area contributed by atoms with Gasteiger partial charge in [0, 0.05) is 30.4 Å². The predicted octanol–water partition coefficient (Wildman–Crippen LogP) is 3.31. The summed E-state index contributed by atoms with van der Waals surface area (Å²) in [5, 5.41) is 7.91. The summed E-state index contributed by atoms with van der Waals surface area (Å²) in [7, 11) is 0. The van der Waals surface area contributed by atoms with Gasteiger partial charge in [-0.05, 0) is 26.3 Å². The van der Waals surface area contributed by atoms with E-state index < -0.39 is 0 Å². The van der Waals surface area contributed by atoms with Crippen molar-refractivity contribution in [3.05, 3.63) is 53.9 Å². The molecule has 1 unspecified atom stereocenters. The highest BCUT2D eigenvalue weighted by Gasteiger charge is 2.12. The Labute approximate surface area is 109 Å². The molecule has 18 heavy (non-hydrogen) atoms. The molecule has 1 heterocycles. The number of hydrogen-bond donors (Lipinski definition) is 1. The monoisotopic (exact) mass is 243 g/mol. The van der Waals surface area contributed by atoms with Crippen molar-refractivity contribution in [2.75, 3.05) is 0 Å². The highest BCUT2D eigenvalue weighted by Crippen LogP contribution is 2.18. The second kappa shape index (κ2) is 5.83. The summed E-state index contributed by atoms with van der Waals surface area (Å²) in [5.41, 5.74) is 2.55. The van der Waals surface area contributed by atoms with Crippen LogP contribution in [0.5, 0.6) is 0 Å². The Balaban J connectivity index is 2.01. The number of benzene rings is 1. The zero-order chi connectivity index (χ0) is 13.0. The van der Waals surface area contributed by atoms with Gasteiger partial charge in [0.05, 0.1) is 6.20 Å². The van der Waals surface area contributed by atoms with Crippen molar-refractivity contribution in [3.63, 3.8) is 0 Å². The van der Waals surface area contributed by atoms with Crippen LogP contribution in [0.25, 0.3) is 0 Å². The normalized spacial score (nSPS) is 14.4. The van der Waals surface area contributed by atoms with Gasteiger partial charge in [-0.25, -0.2) is 0 Å². The Morgan fingerprint density at radius 3 is 2.39 bits per heavy atom. The van der Waals surface area contributed by atoms with E-state index in [0.717, 1.165) is 6.54 Å². The molecule has 0 bridgehead atoms. The zero-order valence-corrected chi connectivity index (χ0v) is 11.3. The van der Waals surface area contributed by atoms with Crippen molar-refractivity contribution >= 4 is 0 Å². The highest BCUT2D eigenvalue weighted by atomic mass is 15.3. The maximum absolute atomic E-state index is 4.31. The lowest BCUT2D eigenvalue weighted by molar-refractivity contribution is 0.494. The van der Waals surface area contributed by atoms with Crippen molar-refractivity contribution in [1.29, 1.82) is 0 Å². The number of nitrogens with one attached hydrogen (secondary N) is 1. The van der Waals surface area contributed by atoms with Crippen LogP contribution in [0.15, 0.2) is 42.7 Å². The molecular weight excluding hydrogens is 222 g/mol. The van der Waals surface area contributed by atoms with E-state index in [1.807, 2.05) is 16.9 Å². The zero-order valence-electron chi connectivity index (χ0n) is 11.3. The molecule has 1 aromatic carbocycles. The van der Waals surface area contributed by atoms with Crippen LogP contribution in [0, 0.1) is 0 Å². The quantitative estimate of drug-likeness (QED) is 0.873. The Hall–Kier alpha value is -1.61. The second-order valence-corrected chi connectivity index (χ2v) is 4.65. The third kappa shape index (κ3) is 2.99.